The summed E-state index contributed by atoms with van der Waals surface area (Å²) in [7, 11) is -3.80. The third kappa shape index (κ3) is 4.93. The van der Waals surface area contributed by atoms with Crippen LogP contribution in [0.3, 0.4) is 0 Å². The molecule has 0 saturated heterocycles. The third-order valence-electron chi connectivity index (χ3n) is 2.58. The lowest BCUT2D eigenvalue weighted by Gasteiger charge is -2.11. The Bertz CT molecular complexity index is 590. The summed E-state index contributed by atoms with van der Waals surface area (Å²) in [5.41, 5.74) is 1.87. The van der Waals surface area contributed by atoms with Crippen LogP contribution in [0.15, 0.2) is 23.1 Å². The quantitative estimate of drug-likeness (QED) is 0.262. The first-order valence-electron chi connectivity index (χ1n) is 6.25. The maximum absolute atomic E-state index is 12.1. The van der Waals surface area contributed by atoms with Crippen molar-refractivity contribution in [2.45, 2.75) is 18.2 Å². The van der Waals surface area contributed by atoms with E-state index in [-0.39, 0.29) is 22.8 Å². The van der Waals surface area contributed by atoms with Crippen molar-refractivity contribution in [2.24, 2.45) is 5.84 Å². The van der Waals surface area contributed by atoms with Crippen LogP contribution in [-0.4, -0.2) is 33.1 Å². The summed E-state index contributed by atoms with van der Waals surface area (Å²) in [6, 6.07) is 3.31. The topological polar surface area (TPSA) is 137 Å². The molecule has 0 spiro atoms. The second kappa shape index (κ2) is 7.88. The van der Waals surface area contributed by atoms with Crippen LogP contribution in [0.1, 0.15) is 13.3 Å². The molecule has 1 aromatic carbocycles. The second-order valence-corrected chi connectivity index (χ2v) is 5.77. The van der Waals surface area contributed by atoms with Gasteiger partial charge in [-0.25, -0.2) is 13.1 Å². The standard InChI is InChI=1S/C11H18N4O5S/c1-2-20-7-3-6-13-21(18,19)11-5-4-9(15(16)17)8-10(11)14-12/h4-5,8,13-14H,2-3,6-7,12H2,1H3. The van der Waals surface area contributed by atoms with Gasteiger partial charge in [-0.3, -0.25) is 16.0 Å². The molecule has 4 N–H and O–H groups in total. The van der Waals surface area contributed by atoms with Gasteiger partial charge in [0.2, 0.25) is 10.0 Å². The highest BCUT2D eigenvalue weighted by Gasteiger charge is 2.20. The van der Waals surface area contributed by atoms with Gasteiger partial charge in [-0.15, -0.1) is 0 Å². The van der Waals surface area contributed by atoms with E-state index in [1.165, 1.54) is 0 Å². The van der Waals surface area contributed by atoms with Crippen molar-refractivity contribution in [3.8, 4) is 0 Å². The van der Waals surface area contributed by atoms with E-state index in [0.29, 0.717) is 19.6 Å². The third-order valence-corrected chi connectivity index (χ3v) is 4.10. The van der Waals surface area contributed by atoms with Gasteiger partial charge in [0.05, 0.1) is 10.6 Å². The van der Waals surface area contributed by atoms with Crippen molar-refractivity contribution in [3.05, 3.63) is 28.3 Å². The van der Waals surface area contributed by atoms with Gasteiger partial charge in [0.15, 0.2) is 0 Å². The Hall–Kier alpha value is -1.75. The number of nitrogens with two attached hydrogens (primary N) is 1. The molecular formula is C11H18N4O5S. The van der Waals surface area contributed by atoms with Crippen LogP contribution in [0, 0.1) is 10.1 Å². The molecule has 0 heterocycles. The van der Waals surface area contributed by atoms with Gasteiger partial charge in [-0.2, -0.15) is 0 Å². The number of nitro groups is 1. The molecule has 1 rings (SSSR count). The first-order valence-corrected chi connectivity index (χ1v) is 7.73. The van der Waals surface area contributed by atoms with Crippen LogP contribution >= 0.6 is 0 Å². The molecule has 0 aliphatic carbocycles. The maximum Gasteiger partial charge on any atom is 0.271 e. The molecule has 0 aliphatic rings. The fourth-order valence-electron chi connectivity index (χ4n) is 1.58. The summed E-state index contributed by atoms with van der Waals surface area (Å²) in [5, 5.41) is 10.7. The predicted molar refractivity (Wildman–Crippen MR) is 77.2 cm³/mol. The zero-order valence-electron chi connectivity index (χ0n) is 11.5. The average molecular weight is 318 g/mol. The van der Waals surface area contributed by atoms with Gasteiger partial charge < -0.3 is 10.2 Å². The summed E-state index contributed by atoms with van der Waals surface area (Å²) < 4.78 is 31.7. The summed E-state index contributed by atoms with van der Waals surface area (Å²) in [6.07, 6.45) is 0.519. The van der Waals surface area contributed by atoms with Crippen LogP contribution in [0.5, 0.6) is 0 Å². The molecule has 21 heavy (non-hydrogen) atoms. The van der Waals surface area contributed by atoms with E-state index in [1.807, 2.05) is 6.92 Å². The molecule has 0 unspecified atom stereocenters. The molecule has 9 nitrogen and oxygen atoms in total. The SMILES string of the molecule is CCOCCCNS(=O)(=O)c1ccc([N+](=O)[O-])cc1NN. The number of ether oxygens (including phenoxy) is 1. The number of hydrogen-bond acceptors (Lipinski definition) is 7. The Labute approximate surface area is 122 Å². The highest BCUT2D eigenvalue weighted by Crippen LogP contribution is 2.25. The molecule has 0 fully saturated rings. The van der Waals surface area contributed by atoms with Gasteiger partial charge in [0, 0.05) is 31.9 Å². The predicted octanol–water partition coefficient (Wildman–Crippen LogP) is 0.585. The van der Waals surface area contributed by atoms with Gasteiger partial charge in [-0.1, -0.05) is 0 Å². The minimum absolute atomic E-state index is 0.0403. The van der Waals surface area contributed by atoms with E-state index in [1.54, 1.807) is 0 Å². The summed E-state index contributed by atoms with van der Waals surface area (Å²) in [5.74, 6) is 5.23. The Balaban J connectivity index is 2.85. The highest BCUT2D eigenvalue weighted by molar-refractivity contribution is 7.89. The molecule has 118 valence electrons. The monoisotopic (exact) mass is 318 g/mol. The number of non-ortho nitro benzene ring substituents is 1. The molecule has 0 amide bonds. The Morgan fingerprint density at radius 2 is 2.14 bits per heavy atom. The van der Waals surface area contributed by atoms with Crippen LogP contribution in [0.25, 0.3) is 0 Å². The molecule has 0 radical (unpaired) electrons. The largest absolute Gasteiger partial charge is 0.382 e. The van der Waals surface area contributed by atoms with Gasteiger partial charge in [0.25, 0.3) is 5.69 Å². The lowest BCUT2D eigenvalue weighted by Crippen LogP contribution is -2.27. The normalized spacial score (nSPS) is 11.3. The zero-order chi connectivity index (χ0) is 15.9. The number of nitrogen functional groups attached to an aromatic ring is 1. The van der Waals surface area contributed by atoms with Crippen LogP contribution < -0.4 is 16.0 Å². The minimum Gasteiger partial charge on any atom is -0.382 e. The lowest BCUT2D eigenvalue weighted by molar-refractivity contribution is -0.384. The number of nitrogens with zero attached hydrogens (tertiary/aromatic N) is 1. The van der Waals surface area contributed by atoms with E-state index in [0.717, 1.165) is 18.2 Å². The Morgan fingerprint density at radius 1 is 1.43 bits per heavy atom. The Kier molecular flexibility index (Phi) is 6.49. The molecule has 0 aromatic heterocycles. The fraction of sp³-hybridized carbons (Fsp3) is 0.455. The second-order valence-electron chi connectivity index (χ2n) is 4.03. The molecule has 0 aliphatic heterocycles. The summed E-state index contributed by atoms with van der Waals surface area (Å²) in [4.78, 5) is 9.88. The van der Waals surface area contributed by atoms with E-state index in [4.69, 9.17) is 10.6 Å². The van der Waals surface area contributed by atoms with E-state index in [2.05, 4.69) is 10.1 Å². The van der Waals surface area contributed by atoms with E-state index < -0.39 is 14.9 Å². The first-order chi connectivity index (χ1) is 9.92. The minimum atomic E-state index is -3.80. The molecule has 0 atom stereocenters. The van der Waals surface area contributed by atoms with Gasteiger partial charge in [0.1, 0.15) is 4.90 Å². The van der Waals surface area contributed by atoms with Crippen LogP contribution in [0.2, 0.25) is 0 Å². The molecule has 1 aromatic rings. The van der Waals surface area contributed by atoms with Crippen molar-refractivity contribution < 1.29 is 18.1 Å². The number of hydrazine groups is 1. The highest BCUT2D eigenvalue weighted by atomic mass is 32.2. The van der Waals surface area contributed by atoms with Crippen molar-refractivity contribution in [3.63, 3.8) is 0 Å². The molecular weight excluding hydrogens is 300 g/mol. The molecule has 0 saturated carbocycles. The lowest BCUT2D eigenvalue weighted by atomic mass is 10.3. The number of hydrogen-bond donors (Lipinski definition) is 3. The fourth-order valence-corrected chi connectivity index (χ4v) is 2.80. The number of rotatable bonds is 9. The van der Waals surface area contributed by atoms with E-state index in [9.17, 15) is 18.5 Å². The summed E-state index contributed by atoms with van der Waals surface area (Å²) >= 11 is 0. The summed E-state index contributed by atoms with van der Waals surface area (Å²) in [6.45, 7) is 3.06. The number of anilines is 1. The number of sulfonamides is 1. The number of nitrogens with one attached hydrogen (secondary N) is 2. The number of benzene rings is 1. The first kappa shape index (κ1) is 17.3. The average Bonchev–Trinajstić information content (AvgIpc) is 2.46. The van der Waals surface area contributed by atoms with E-state index >= 15 is 0 Å². The van der Waals surface area contributed by atoms with Gasteiger partial charge in [-0.05, 0) is 19.4 Å². The molecule has 0 bridgehead atoms. The van der Waals surface area contributed by atoms with Crippen molar-refractivity contribution in [1.82, 2.24) is 4.72 Å². The zero-order valence-corrected chi connectivity index (χ0v) is 12.4. The van der Waals surface area contributed by atoms with Crippen molar-refractivity contribution in [2.75, 3.05) is 25.2 Å². The van der Waals surface area contributed by atoms with Crippen molar-refractivity contribution >= 4 is 21.4 Å². The smallest absolute Gasteiger partial charge is 0.271 e. The van der Waals surface area contributed by atoms with Crippen molar-refractivity contribution in [1.29, 1.82) is 0 Å². The number of nitro benzene ring substituents is 1. The molecule has 10 heteroatoms. The Morgan fingerprint density at radius 3 is 2.71 bits per heavy atom. The maximum atomic E-state index is 12.1. The van der Waals surface area contributed by atoms with Crippen LogP contribution in [0.4, 0.5) is 11.4 Å². The van der Waals surface area contributed by atoms with Gasteiger partial charge >= 0.3 is 0 Å². The van der Waals surface area contributed by atoms with Crippen LogP contribution in [-0.2, 0) is 14.8 Å².